The van der Waals surface area contributed by atoms with E-state index in [1.54, 1.807) is 18.4 Å². The van der Waals surface area contributed by atoms with Gasteiger partial charge < -0.3 is 16.0 Å². The van der Waals surface area contributed by atoms with E-state index in [2.05, 4.69) is 38.5 Å². The van der Waals surface area contributed by atoms with Crippen LogP contribution in [-0.2, 0) is 6.42 Å². The Morgan fingerprint density at radius 2 is 1.75 bits per heavy atom. The molecule has 24 heavy (non-hydrogen) atoms. The zero-order chi connectivity index (χ0) is 16.3. The van der Waals surface area contributed by atoms with Crippen LogP contribution in [0.15, 0.2) is 40.0 Å². The molecule has 0 saturated carbocycles. The number of aliphatic imine (C=N–C) groups is 1. The van der Waals surface area contributed by atoms with Crippen molar-refractivity contribution in [2.75, 3.05) is 26.7 Å². The third kappa shape index (κ3) is 7.63. The first kappa shape index (κ1) is 20.9. The molecular formula is C16H23IN4OS2. The molecule has 0 atom stereocenters. The minimum atomic E-state index is -0.00143. The summed E-state index contributed by atoms with van der Waals surface area (Å²) >= 11 is 3.22. The normalized spacial score (nSPS) is 10.8. The molecule has 2 aromatic heterocycles. The second-order valence-electron chi connectivity index (χ2n) is 4.84. The van der Waals surface area contributed by atoms with Gasteiger partial charge in [-0.15, -0.1) is 46.7 Å². The molecule has 0 bridgehead atoms. The third-order valence-corrected chi connectivity index (χ3v) is 4.95. The lowest BCUT2D eigenvalue weighted by molar-refractivity contribution is 0.0957. The first-order chi connectivity index (χ1) is 11.3. The molecule has 0 aliphatic heterocycles. The molecule has 0 fully saturated rings. The maximum absolute atomic E-state index is 11.8. The Kier molecular flexibility index (Phi) is 10.7. The van der Waals surface area contributed by atoms with E-state index >= 15 is 0 Å². The highest BCUT2D eigenvalue weighted by molar-refractivity contribution is 14.0. The van der Waals surface area contributed by atoms with Crippen LogP contribution in [0.25, 0.3) is 0 Å². The Bertz CT molecular complexity index is 600. The summed E-state index contributed by atoms with van der Waals surface area (Å²) < 4.78 is 0. The molecule has 3 N–H and O–H groups in total. The van der Waals surface area contributed by atoms with Crippen LogP contribution in [0, 0.1) is 0 Å². The first-order valence-electron chi connectivity index (χ1n) is 7.58. The number of nitrogens with zero attached hydrogens (tertiary/aromatic N) is 1. The molecule has 0 aliphatic carbocycles. The molecule has 0 saturated heterocycles. The highest BCUT2D eigenvalue weighted by Gasteiger charge is 2.04. The number of amides is 1. The van der Waals surface area contributed by atoms with Crippen LogP contribution in [-0.4, -0.2) is 38.5 Å². The fraction of sp³-hybridized carbons (Fsp3) is 0.375. The Morgan fingerprint density at radius 1 is 1.04 bits per heavy atom. The second kappa shape index (κ2) is 12.3. The van der Waals surface area contributed by atoms with E-state index in [0.717, 1.165) is 36.8 Å². The number of rotatable bonds is 8. The van der Waals surface area contributed by atoms with E-state index in [1.807, 2.05) is 17.5 Å². The summed E-state index contributed by atoms with van der Waals surface area (Å²) in [5.41, 5.74) is 0. The summed E-state index contributed by atoms with van der Waals surface area (Å²) in [7, 11) is 1.76. The molecule has 0 spiro atoms. The fourth-order valence-electron chi connectivity index (χ4n) is 1.97. The molecule has 2 aromatic rings. The Balaban J connectivity index is 0.00000288. The quantitative estimate of drug-likeness (QED) is 0.237. The maximum Gasteiger partial charge on any atom is 0.261 e. The lowest BCUT2D eigenvalue weighted by atomic mass is 10.3. The van der Waals surface area contributed by atoms with Gasteiger partial charge in [0.25, 0.3) is 5.91 Å². The topological polar surface area (TPSA) is 65.5 Å². The summed E-state index contributed by atoms with van der Waals surface area (Å²) in [4.78, 5) is 18.1. The van der Waals surface area contributed by atoms with E-state index in [-0.39, 0.29) is 29.9 Å². The van der Waals surface area contributed by atoms with Crippen molar-refractivity contribution >= 4 is 58.5 Å². The van der Waals surface area contributed by atoms with E-state index in [4.69, 9.17) is 0 Å². The Morgan fingerprint density at radius 3 is 2.42 bits per heavy atom. The molecule has 2 heterocycles. The third-order valence-electron chi connectivity index (χ3n) is 3.14. The monoisotopic (exact) mass is 478 g/mol. The van der Waals surface area contributed by atoms with Crippen molar-refractivity contribution < 1.29 is 4.79 Å². The van der Waals surface area contributed by atoms with Gasteiger partial charge in [-0.25, -0.2) is 0 Å². The highest BCUT2D eigenvalue weighted by Crippen LogP contribution is 2.08. The molecule has 0 radical (unpaired) electrons. The van der Waals surface area contributed by atoms with Gasteiger partial charge in [-0.2, -0.15) is 0 Å². The number of halogens is 1. The number of carbonyl (C=O) groups is 1. The van der Waals surface area contributed by atoms with Crippen LogP contribution in [0.4, 0.5) is 0 Å². The van der Waals surface area contributed by atoms with Crippen molar-refractivity contribution in [3.63, 3.8) is 0 Å². The van der Waals surface area contributed by atoms with Crippen molar-refractivity contribution in [3.8, 4) is 0 Å². The summed E-state index contributed by atoms with van der Waals surface area (Å²) in [5.74, 6) is 0.796. The van der Waals surface area contributed by atoms with Crippen LogP contribution < -0.4 is 16.0 Å². The predicted molar refractivity (Wildman–Crippen MR) is 114 cm³/mol. The molecular weight excluding hydrogens is 455 g/mol. The molecule has 0 aliphatic rings. The summed E-state index contributed by atoms with van der Waals surface area (Å²) in [6.45, 7) is 2.27. The SMILES string of the molecule is CN=C(NCCCNC(=O)c1cccs1)NCCc1cccs1.I. The van der Waals surface area contributed by atoms with Gasteiger partial charge in [0.15, 0.2) is 5.96 Å². The van der Waals surface area contributed by atoms with Crippen molar-refractivity contribution in [1.29, 1.82) is 0 Å². The van der Waals surface area contributed by atoms with Crippen molar-refractivity contribution in [2.24, 2.45) is 4.99 Å². The van der Waals surface area contributed by atoms with E-state index in [1.165, 1.54) is 16.2 Å². The molecule has 2 rings (SSSR count). The van der Waals surface area contributed by atoms with E-state index in [0.29, 0.717) is 6.54 Å². The minimum absolute atomic E-state index is 0. The zero-order valence-corrected chi connectivity index (χ0v) is 17.5. The maximum atomic E-state index is 11.8. The molecule has 0 unspecified atom stereocenters. The molecule has 8 heteroatoms. The molecule has 5 nitrogen and oxygen atoms in total. The van der Waals surface area contributed by atoms with Gasteiger partial charge in [0, 0.05) is 31.6 Å². The molecule has 0 aromatic carbocycles. The standard InChI is InChI=1S/C16H22N4OS2.HI/c1-17-16(20-10-7-13-5-2-11-22-13)19-9-4-8-18-15(21)14-6-3-12-23-14;/h2-3,5-6,11-12H,4,7-10H2,1H3,(H,18,21)(H2,17,19,20);1H. The van der Waals surface area contributed by atoms with Crippen molar-refractivity contribution in [1.82, 2.24) is 16.0 Å². The van der Waals surface area contributed by atoms with E-state index in [9.17, 15) is 4.79 Å². The predicted octanol–water partition coefficient (Wildman–Crippen LogP) is 2.96. The second-order valence-corrected chi connectivity index (χ2v) is 6.82. The average molecular weight is 478 g/mol. The average Bonchev–Trinajstić information content (AvgIpc) is 3.26. The first-order valence-corrected chi connectivity index (χ1v) is 9.34. The van der Waals surface area contributed by atoms with Gasteiger partial charge in [0.2, 0.25) is 0 Å². The zero-order valence-electron chi connectivity index (χ0n) is 13.6. The van der Waals surface area contributed by atoms with Gasteiger partial charge >= 0.3 is 0 Å². The smallest absolute Gasteiger partial charge is 0.261 e. The lowest BCUT2D eigenvalue weighted by Crippen LogP contribution is -2.39. The highest BCUT2D eigenvalue weighted by atomic mass is 127. The number of thiophene rings is 2. The van der Waals surface area contributed by atoms with Crippen LogP contribution in [0.3, 0.4) is 0 Å². The molecule has 1 amide bonds. The van der Waals surface area contributed by atoms with Gasteiger partial charge in [-0.3, -0.25) is 9.79 Å². The van der Waals surface area contributed by atoms with Crippen LogP contribution in [0.1, 0.15) is 21.0 Å². The van der Waals surface area contributed by atoms with Gasteiger partial charge in [0.1, 0.15) is 0 Å². The number of guanidine groups is 1. The number of hydrogen-bond acceptors (Lipinski definition) is 4. The van der Waals surface area contributed by atoms with E-state index < -0.39 is 0 Å². The number of hydrogen-bond donors (Lipinski definition) is 3. The summed E-state index contributed by atoms with van der Waals surface area (Å²) in [6.07, 6.45) is 1.85. The Hall–Kier alpha value is -1.13. The van der Waals surface area contributed by atoms with Crippen LogP contribution in [0.2, 0.25) is 0 Å². The summed E-state index contributed by atoms with van der Waals surface area (Å²) in [6, 6.07) is 7.92. The largest absolute Gasteiger partial charge is 0.356 e. The number of nitrogens with one attached hydrogen (secondary N) is 3. The van der Waals surface area contributed by atoms with Gasteiger partial charge in [-0.05, 0) is 35.7 Å². The van der Waals surface area contributed by atoms with Crippen LogP contribution >= 0.6 is 46.7 Å². The van der Waals surface area contributed by atoms with Gasteiger partial charge in [0.05, 0.1) is 4.88 Å². The summed E-state index contributed by atoms with van der Waals surface area (Å²) in [5, 5.41) is 13.4. The Labute approximate surface area is 168 Å². The number of carbonyl (C=O) groups excluding carboxylic acids is 1. The lowest BCUT2D eigenvalue weighted by Gasteiger charge is -2.11. The minimum Gasteiger partial charge on any atom is -0.356 e. The van der Waals surface area contributed by atoms with Crippen molar-refractivity contribution in [2.45, 2.75) is 12.8 Å². The van der Waals surface area contributed by atoms with Gasteiger partial charge in [-0.1, -0.05) is 12.1 Å². The fourth-order valence-corrected chi connectivity index (χ4v) is 3.32. The van der Waals surface area contributed by atoms with Crippen molar-refractivity contribution in [3.05, 3.63) is 44.8 Å². The molecule has 132 valence electrons. The van der Waals surface area contributed by atoms with Crippen LogP contribution in [0.5, 0.6) is 0 Å².